The van der Waals surface area contributed by atoms with E-state index in [2.05, 4.69) is 55.3 Å². The molecular weight excluding hydrogens is 198 g/mol. The van der Waals surface area contributed by atoms with Gasteiger partial charge in [-0.2, -0.15) is 24.4 Å². The fourth-order valence-electron chi connectivity index (χ4n) is 1.57. The van der Waals surface area contributed by atoms with E-state index in [1.165, 1.54) is 18.8 Å². The lowest BCUT2D eigenvalue weighted by molar-refractivity contribution is 0.287. The second-order valence-electron chi connectivity index (χ2n) is 4.00. The second-order valence-corrected chi connectivity index (χ2v) is 6.16. The molecule has 0 amide bonds. The number of thioether (sulfide) groups is 1. The Morgan fingerprint density at radius 1 is 1.46 bits per heavy atom. The van der Waals surface area contributed by atoms with Crippen molar-refractivity contribution in [2.45, 2.75) is 18.6 Å². The van der Waals surface area contributed by atoms with Crippen molar-refractivity contribution in [1.82, 2.24) is 4.90 Å². The zero-order chi connectivity index (χ0) is 9.73. The van der Waals surface area contributed by atoms with Gasteiger partial charge in [0, 0.05) is 35.9 Å². The Hall–Kier alpha value is 0.400. The van der Waals surface area contributed by atoms with Crippen LogP contribution < -0.4 is 0 Å². The lowest BCUT2D eigenvalue weighted by Crippen LogP contribution is -2.42. The van der Waals surface area contributed by atoms with Gasteiger partial charge in [-0.15, -0.1) is 0 Å². The van der Waals surface area contributed by atoms with Crippen molar-refractivity contribution in [3.05, 3.63) is 12.2 Å². The minimum absolute atomic E-state index is 0.438. The molecule has 0 radical (unpaired) electrons. The fraction of sp³-hybridized carbons (Fsp3) is 0.800. The maximum Gasteiger partial charge on any atom is 0.0231 e. The summed E-state index contributed by atoms with van der Waals surface area (Å²) in [6.45, 7) is 8.17. The normalized spacial score (nSPS) is 23.9. The van der Waals surface area contributed by atoms with E-state index >= 15 is 0 Å². The van der Waals surface area contributed by atoms with Crippen molar-refractivity contribution >= 4 is 24.4 Å². The summed E-state index contributed by atoms with van der Waals surface area (Å²) in [5, 5.41) is 0. The third-order valence-electron chi connectivity index (χ3n) is 2.14. The van der Waals surface area contributed by atoms with E-state index in [0.717, 1.165) is 12.3 Å². The van der Waals surface area contributed by atoms with E-state index < -0.39 is 0 Å². The molecule has 0 spiro atoms. The topological polar surface area (TPSA) is 3.24 Å². The first-order chi connectivity index (χ1) is 6.14. The molecule has 1 saturated heterocycles. The van der Waals surface area contributed by atoms with Crippen LogP contribution >= 0.6 is 24.4 Å². The number of hydrogen-bond acceptors (Lipinski definition) is 3. The van der Waals surface area contributed by atoms with Gasteiger partial charge in [-0.05, 0) is 13.8 Å². The molecule has 13 heavy (non-hydrogen) atoms. The van der Waals surface area contributed by atoms with Gasteiger partial charge in [0.15, 0.2) is 0 Å². The van der Waals surface area contributed by atoms with Gasteiger partial charge in [-0.3, -0.25) is 4.90 Å². The molecule has 0 atom stereocenters. The van der Waals surface area contributed by atoms with Gasteiger partial charge in [0.2, 0.25) is 0 Å². The van der Waals surface area contributed by atoms with Crippen LogP contribution in [-0.2, 0) is 0 Å². The average Bonchev–Trinajstić information content (AvgIpc) is 2.03. The zero-order valence-corrected chi connectivity index (χ0v) is 10.2. The number of nitrogens with zero attached hydrogens (tertiary/aromatic N) is 1. The van der Waals surface area contributed by atoms with Crippen LogP contribution in [0.5, 0.6) is 0 Å². The SMILES string of the molecule is CC1(C)CN(C/C=C/CS)CCS1. The maximum atomic E-state index is 4.14. The van der Waals surface area contributed by atoms with Crippen LogP contribution in [-0.4, -0.2) is 40.8 Å². The van der Waals surface area contributed by atoms with E-state index in [4.69, 9.17) is 0 Å². The molecule has 0 aromatic carbocycles. The minimum atomic E-state index is 0.438. The van der Waals surface area contributed by atoms with Gasteiger partial charge in [0.1, 0.15) is 0 Å². The standard InChI is InChI=1S/C10H19NS2/c1-10(2)9-11(6-8-13-10)5-3-4-7-12/h3-4,12H,5-9H2,1-2H3/b4-3+. The third-order valence-corrected chi connectivity index (χ3v) is 3.65. The van der Waals surface area contributed by atoms with Gasteiger partial charge in [0.25, 0.3) is 0 Å². The van der Waals surface area contributed by atoms with Crippen LogP contribution in [0.1, 0.15) is 13.8 Å². The summed E-state index contributed by atoms with van der Waals surface area (Å²) < 4.78 is 0.438. The van der Waals surface area contributed by atoms with Gasteiger partial charge in [0.05, 0.1) is 0 Å². The Kier molecular flexibility index (Phi) is 4.70. The highest BCUT2D eigenvalue weighted by atomic mass is 32.2. The molecule has 0 aromatic rings. The summed E-state index contributed by atoms with van der Waals surface area (Å²) >= 11 is 6.23. The summed E-state index contributed by atoms with van der Waals surface area (Å²) in [5.74, 6) is 2.12. The van der Waals surface area contributed by atoms with E-state index in [9.17, 15) is 0 Å². The molecule has 0 N–H and O–H groups in total. The molecule has 0 aliphatic carbocycles. The summed E-state index contributed by atoms with van der Waals surface area (Å²) in [7, 11) is 0. The van der Waals surface area contributed by atoms with Crippen LogP contribution in [0.4, 0.5) is 0 Å². The van der Waals surface area contributed by atoms with Crippen molar-refractivity contribution in [1.29, 1.82) is 0 Å². The first kappa shape index (κ1) is 11.5. The largest absolute Gasteiger partial charge is 0.298 e. The van der Waals surface area contributed by atoms with Gasteiger partial charge in [-0.1, -0.05) is 12.2 Å². The van der Waals surface area contributed by atoms with Crippen molar-refractivity contribution < 1.29 is 0 Å². The molecule has 1 rings (SSSR count). The first-order valence-corrected chi connectivity index (χ1v) is 6.38. The molecule has 1 nitrogen and oxygen atoms in total. The van der Waals surface area contributed by atoms with E-state index in [1.54, 1.807) is 0 Å². The zero-order valence-electron chi connectivity index (χ0n) is 8.49. The minimum Gasteiger partial charge on any atom is -0.298 e. The molecule has 0 bridgehead atoms. The maximum absolute atomic E-state index is 4.14. The number of rotatable bonds is 3. The van der Waals surface area contributed by atoms with Crippen LogP contribution in [0.15, 0.2) is 12.2 Å². The predicted molar refractivity (Wildman–Crippen MR) is 66.0 cm³/mol. The highest BCUT2D eigenvalue weighted by Gasteiger charge is 2.25. The summed E-state index contributed by atoms with van der Waals surface area (Å²) in [5.41, 5.74) is 0. The molecule has 1 aliphatic rings. The third kappa shape index (κ3) is 4.43. The summed E-state index contributed by atoms with van der Waals surface area (Å²) in [6, 6.07) is 0. The molecule has 0 unspecified atom stereocenters. The molecule has 1 aliphatic heterocycles. The lowest BCUT2D eigenvalue weighted by Gasteiger charge is -2.36. The molecule has 0 aromatic heterocycles. The molecular formula is C10H19NS2. The van der Waals surface area contributed by atoms with Crippen LogP contribution in [0.2, 0.25) is 0 Å². The van der Waals surface area contributed by atoms with Crippen molar-refractivity contribution in [3.63, 3.8) is 0 Å². The highest BCUT2D eigenvalue weighted by molar-refractivity contribution is 8.00. The van der Waals surface area contributed by atoms with E-state index in [1.807, 2.05) is 0 Å². The van der Waals surface area contributed by atoms with Gasteiger partial charge < -0.3 is 0 Å². The molecule has 3 heteroatoms. The number of thiol groups is 1. The van der Waals surface area contributed by atoms with E-state index in [-0.39, 0.29) is 0 Å². The molecule has 0 saturated carbocycles. The monoisotopic (exact) mass is 217 g/mol. The van der Waals surface area contributed by atoms with Crippen molar-refractivity contribution in [2.24, 2.45) is 0 Å². The molecule has 1 heterocycles. The highest BCUT2D eigenvalue weighted by Crippen LogP contribution is 2.29. The molecule has 76 valence electrons. The summed E-state index contributed by atoms with van der Waals surface area (Å²) in [4.78, 5) is 2.51. The first-order valence-electron chi connectivity index (χ1n) is 4.76. The van der Waals surface area contributed by atoms with Crippen molar-refractivity contribution in [2.75, 3.05) is 31.1 Å². The summed E-state index contributed by atoms with van der Waals surface area (Å²) in [6.07, 6.45) is 4.34. The predicted octanol–water partition coefficient (Wildman–Crippen LogP) is 2.30. The lowest BCUT2D eigenvalue weighted by atomic mass is 10.2. The fourth-order valence-corrected chi connectivity index (χ4v) is 2.89. The Morgan fingerprint density at radius 2 is 2.23 bits per heavy atom. The average molecular weight is 217 g/mol. The van der Waals surface area contributed by atoms with E-state index in [0.29, 0.717) is 4.75 Å². The Bertz CT molecular complexity index is 178. The Morgan fingerprint density at radius 3 is 2.85 bits per heavy atom. The van der Waals surface area contributed by atoms with Gasteiger partial charge in [-0.25, -0.2) is 0 Å². The van der Waals surface area contributed by atoms with Crippen LogP contribution in [0.25, 0.3) is 0 Å². The molecule has 1 fully saturated rings. The van der Waals surface area contributed by atoms with Crippen LogP contribution in [0, 0.1) is 0 Å². The smallest absolute Gasteiger partial charge is 0.0231 e. The van der Waals surface area contributed by atoms with Gasteiger partial charge >= 0.3 is 0 Å². The second kappa shape index (κ2) is 5.32. The van der Waals surface area contributed by atoms with Crippen molar-refractivity contribution in [3.8, 4) is 0 Å². The quantitative estimate of drug-likeness (QED) is 0.571. The Balaban J connectivity index is 2.30. The van der Waals surface area contributed by atoms with Crippen LogP contribution in [0.3, 0.4) is 0 Å². The Labute approximate surface area is 91.4 Å². The number of hydrogen-bond donors (Lipinski definition) is 1.